The first kappa shape index (κ1) is 11.1. The average Bonchev–Trinajstić information content (AvgIpc) is 2.01. The molecule has 0 aromatic heterocycles. The molecule has 70 valence electrons. The van der Waals surface area contributed by atoms with E-state index in [9.17, 15) is 9.59 Å². The van der Waals surface area contributed by atoms with Gasteiger partial charge in [0.1, 0.15) is 6.29 Å². The number of rotatable bonds is 3. The lowest BCUT2D eigenvalue weighted by Crippen LogP contribution is -2.37. The van der Waals surface area contributed by atoms with Crippen LogP contribution in [0.15, 0.2) is 0 Å². The Balaban J connectivity index is 4.49. The average molecular weight is 171 g/mol. The van der Waals surface area contributed by atoms with E-state index >= 15 is 0 Å². The molecule has 0 heterocycles. The molecular weight excluding hydrogens is 154 g/mol. The zero-order valence-corrected chi connectivity index (χ0v) is 8.42. The predicted molar refractivity (Wildman–Crippen MR) is 47.7 cm³/mol. The Morgan fingerprint density at radius 1 is 1.42 bits per heavy atom. The third-order valence-electron chi connectivity index (χ3n) is 2.23. The standard InChI is InChI=1S/C9H17NO2/c1-7(8(12)10(4)5)9(2,3)6-11/h6-7H,1-5H3/t7-/m0/s1. The maximum Gasteiger partial charge on any atom is 0.225 e. The van der Waals surface area contributed by atoms with Gasteiger partial charge in [0.05, 0.1) is 0 Å². The van der Waals surface area contributed by atoms with Gasteiger partial charge in [-0.3, -0.25) is 4.79 Å². The van der Waals surface area contributed by atoms with Gasteiger partial charge in [0, 0.05) is 25.4 Å². The van der Waals surface area contributed by atoms with E-state index in [4.69, 9.17) is 0 Å². The molecule has 0 aliphatic rings. The number of carbonyl (C=O) groups is 2. The van der Waals surface area contributed by atoms with Crippen molar-refractivity contribution >= 4 is 12.2 Å². The topological polar surface area (TPSA) is 37.4 Å². The molecule has 0 N–H and O–H groups in total. The fourth-order valence-electron chi connectivity index (χ4n) is 0.808. The van der Waals surface area contributed by atoms with Crippen molar-refractivity contribution in [3.05, 3.63) is 0 Å². The lowest BCUT2D eigenvalue weighted by atomic mass is 9.81. The van der Waals surface area contributed by atoms with E-state index in [0.717, 1.165) is 6.29 Å². The molecule has 0 spiro atoms. The van der Waals surface area contributed by atoms with E-state index < -0.39 is 5.41 Å². The fourth-order valence-corrected chi connectivity index (χ4v) is 0.808. The minimum absolute atomic E-state index is 0.00731. The summed E-state index contributed by atoms with van der Waals surface area (Å²) in [6.45, 7) is 5.31. The Morgan fingerprint density at radius 2 is 1.83 bits per heavy atom. The van der Waals surface area contributed by atoms with E-state index in [2.05, 4.69) is 0 Å². The summed E-state index contributed by atoms with van der Waals surface area (Å²) >= 11 is 0. The summed E-state index contributed by atoms with van der Waals surface area (Å²) in [5, 5.41) is 0. The molecule has 0 aromatic carbocycles. The maximum atomic E-state index is 11.4. The zero-order chi connectivity index (χ0) is 9.94. The number of nitrogens with zero attached hydrogens (tertiary/aromatic N) is 1. The van der Waals surface area contributed by atoms with Crippen molar-refractivity contribution in [1.82, 2.24) is 4.90 Å². The maximum absolute atomic E-state index is 11.4. The molecule has 0 unspecified atom stereocenters. The molecule has 12 heavy (non-hydrogen) atoms. The first-order valence-corrected chi connectivity index (χ1v) is 4.00. The number of hydrogen-bond acceptors (Lipinski definition) is 2. The SMILES string of the molecule is C[C@@H](C(=O)N(C)C)C(C)(C)C=O. The van der Waals surface area contributed by atoms with Crippen LogP contribution in [0.5, 0.6) is 0 Å². The summed E-state index contributed by atoms with van der Waals surface area (Å²) in [4.78, 5) is 23.5. The minimum atomic E-state index is -0.568. The van der Waals surface area contributed by atoms with Crippen LogP contribution in [0.3, 0.4) is 0 Å². The van der Waals surface area contributed by atoms with Crippen LogP contribution in [0.4, 0.5) is 0 Å². The number of aldehydes is 1. The highest BCUT2D eigenvalue weighted by atomic mass is 16.2. The van der Waals surface area contributed by atoms with Crippen LogP contribution in [-0.2, 0) is 9.59 Å². The number of amides is 1. The second kappa shape index (κ2) is 3.70. The van der Waals surface area contributed by atoms with Crippen molar-refractivity contribution in [1.29, 1.82) is 0 Å². The highest BCUT2D eigenvalue weighted by molar-refractivity contribution is 5.82. The Hall–Kier alpha value is -0.860. The Morgan fingerprint density at radius 3 is 2.08 bits per heavy atom. The molecule has 3 nitrogen and oxygen atoms in total. The Labute approximate surface area is 73.7 Å². The fraction of sp³-hybridized carbons (Fsp3) is 0.778. The van der Waals surface area contributed by atoms with E-state index in [-0.39, 0.29) is 11.8 Å². The summed E-state index contributed by atoms with van der Waals surface area (Å²) in [5.74, 6) is -0.267. The van der Waals surface area contributed by atoms with Gasteiger partial charge in [-0.15, -0.1) is 0 Å². The second-order valence-electron chi connectivity index (χ2n) is 3.89. The molecule has 0 aliphatic carbocycles. The van der Waals surface area contributed by atoms with Crippen LogP contribution >= 0.6 is 0 Å². The van der Waals surface area contributed by atoms with Gasteiger partial charge in [-0.1, -0.05) is 20.8 Å². The molecular formula is C9H17NO2. The van der Waals surface area contributed by atoms with Crippen molar-refractivity contribution in [2.24, 2.45) is 11.3 Å². The third-order valence-corrected chi connectivity index (χ3v) is 2.23. The van der Waals surface area contributed by atoms with E-state index in [1.54, 1.807) is 34.9 Å². The Bertz CT molecular complexity index is 185. The molecule has 3 heteroatoms. The first-order chi connectivity index (χ1) is 5.33. The van der Waals surface area contributed by atoms with Crippen LogP contribution in [0.2, 0.25) is 0 Å². The lowest BCUT2D eigenvalue weighted by Gasteiger charge is -2.27. The van der Waals surface area contributed by atoms with Gasteiger partial charge < -0.3 is 9.69 Å². The molecule has 0 bridgehead atoms. The van der Waals surface area contributed by atoms with Gasteiger partial charge in [-0.25, -0.2) is 0 Å². The van der Waals surface area contributed by atoms with Gasteiger partial charge >= 0.3 is 0 Å². The minimum Gasteiger partial charge on any atom is -0.349 e. The lowest BCUT2D eigenvalue weighted by molar-refractivity contribution is -0.138. The monoisotopic (exact) mass is 171 g/mol. The van der Waals surface area contributed by atoms with Gasteiger partial charge in [-0.05, 0) is 0 Å². The molecule has 0 aromatic rings. The van der Waals surface area contributed by atoms with Crippen LogP contribution < -0.4 is 0 Å². The molecule has 0 rings (SSSR count). The predicted octanol–water partition coefficient (Wildman–Crippen LogP) is 0.936. The van der Waals surface area contributed by atoms with Gasteiger partial charge in [0.2, 0.25) is 5.91 Å². The largest absolute Gasteiger partial charge is 0.349 e. The van der Waals surface area contributed by atoms with Crippen LogP contribution in [0.1, 0.15) is 20.8 Å². The molecule has 0 radical (unpaired) electrons. The molecule has 0 saturated heterocycles. The molecule has 0 saturated carbocycles. The molecule has 1 atom stereocenters. The summed E-state index contributed by atoms with van der Waals surface area (Å²) in [7, 11) is 3.39. The third kappa shape index (κ3) is 2.32. The van der Waals surface area contributed by atoms with E-state index in [0.29, 0.717) is 0 Å². The highest BCUT2D eigenvalue weighted by Gasteiger charge is 2.31. The summed E-state index contributed by atoms with van der Waals surface area (Å²) < 4.78 is 0. The molecule has 0 fully saturated rings. The number of hydrogen-bond donors (Lipinski definition) is 0. The normalized spacial score (nSPS) is 13.8. The number of carbonyl (C=O) groups excluding carboxylic acids is 2. The first-order valence-electron chi connectivity index (χ1n) is 4.00. The van der Waals surface area contributed by atoms with Crippen molar-refractivity contribution in [2.75, 3.05) is 14.1 Å². The van der Waals surface area contributed by atoms with Gasteiger partial charge in [-0.2, -0.15) is 0 Å². The van der Waals surface area contributed by atoms with Gasteiger partial charge in [0.15, 0.2) is 0 Å². The van der Waals surface area contributed by atoms with E-state index in [1.165, 1.54) is 4.90 Å². The molecule has 0 aliphatic heterocycles. The summed E-state index contributed by atoms with van der Waals surface area (Å²) in [5.41, 5.74) is -0.568. The highest BCUT2D eigenvalue weighted by Crippen LogP contribution is 2.24. The quantitative estimate of drug-likeness (QED) is 0.592. The van der Waals surface area contributed by atoms with Crippen molar-refractivity contribution in [3.63, 3.8) is 0 Å². The van der Waals surface area contributed by atoms with Crippen LogP contribution in [-0.4, -0.2) is 31.2 Å². The van der Waals surface area contributed by atoms with Crippen molar-refractivity contribution in [2.45, 2.75) is 20.8 Å². The van der Waals surface area contributed by atoms with Crippen molar-refractivity contribution in [3.8, 4) is 0 Å². The van der Waals surface area contributed by atoms with Gasteiger partial charge in [0.25, 0.3) is 0 Å². The smallest absolute Gasteiger partial charge is 0.225 e. The summed E-state index contributed by atoms with van der Waals surface area (Å²) in [6, 6.07) is 0. The second-order valence-corrected chi connectivity index (χ2v) is 3.89. The van der Waals surface area contributed by atoms with Crippen LogP contribution in [0, 0.1) is 11.3 Å². The van der Waals surface area contributed by atoms with E-state index in [1.807, 2.05) is 0 Å². The summed E-state index contributed by atoms with van der Waals surface area (Å²) in [6.07, 6.45) is 0.832. The zero-order valence-electron chi connectivity index (χ0n) is 8.42. The van der Waals surface area contributed by atoms with Crippen molar-refractivity contribution < 1.29 is 9.59 Å². The Kier molecular flexibility index (Phi) is 3.43. The molecule has 1 amide bonds. The van der Waals surface area contributed by atoms with Crippen LogP contribution in [0.25, 0.3) is 0 Å².